The minimum Gasteiger partial charge on any atom is -0.490 e. The Morgan fingerprint density at radius 2 is 1.96 bits per heavy atom. The number of rotatable bonds is 7. The lowest BCUT2D eigenvalue weighted by molar-refractivity contribution is 0.0452. The van der Waals surface area contributed by atoms with E-state index in [4.69, 9.17) is 9.47 Å². The van der Waals surface area contributed by atoms with E-state index in [-0.39, 0.29) is 23.0 Å². The third-order valence-corrected chi connectivity index (χ3v) is 7.04. The average Bonchev–Trinajstić information content (AvgIpc) is 3.30. The predicted octanol–water partition coefficient (Wildman–Crippen LogP) is 3.08. The second-order valence-corrected chi connectivity index (χ2v) is 8.85. The van der Waals surface area contributed by atoms with Crippen molar-refractivity contribution in [2.45, 2.75) is 24.7 Å². The Balaban J connectivity index is 1.58. The normalized spacial score (nSPS) is 15.1. The van der Waals surface area contributed by atoms with Crippen LogP contribution in [-0.2, 0) is 14.8 Å². The van der Waals surface area contributed by atoms with E-state index in [0.717, 1.165) is 29.7 Å². The Labute approximate surface area is 157 Å². The summed E-state index contributed by atoms with van der Waals surface area (Å²) in [5, 5.41) is 1.60. The van der Waals surface area contributed by atoms with Crippen LogP contribution in [0.1, 0.15) is 28.1 Å². The molecule has 2 aromatic rings. The maximum absolute atomic E-state index is 12.7. The summed E-state index contributed by atoms with van der Waals surface area (Å²) in [5.74, 6) is 0.0695. The number of carbonyl (C=O) groups is 1. The lowest BCUT2D eigenvalue weighted by atomic mass is 10.2. The fourth-order valence-electron chi connectivity index (χ4n) is 2.78. The molecule has 1 aromatic carbocycles. The molecule has 1 aromatic heterocycles. The molecule has 0 atom stereocenters. The highest BCUT2D eigenvalue weighted by atomic mass is 32.2. The molecule has 0 saturated carbocycles. The molecule has 26 heavy (non-hydrogen) atoms. The van der Waals surface area contributed by atoms with Crippen LogP contribution < -0.4 is 4.74 Å². The highest BCUT2D eigenvalue weighted by molar-refractivity contribution is 7.89. The fourth-order valence-corrected chi connectivity index (χ4v) is 5.58. The van der Waals surface area contributed by atoms with Gasteiger partial charge in [0.2, 0.25) is 10.0 Å². The molecule has 2 heterocycles. The SMILES string of the molecule is Cc1cccc(OCCOC(=O)c2sccc2S(=O)(=O)N2CCCC2)c1. The van der Waals surface area contributed by atoms with E-state index in [1.165, 1.54) is 10.4 Å². The first-order valence-corrected chi connectivity index (χ1v) is 10.7. The quantitative estimate of drug-likeness (QED) is 0.532. The second kappa shape index (κ2) is 8.20. The van der Waals surface area contributed by atoms with Crippen LogP contribution in [0.3, 0.4) is 0 Å². The van der Waals surface area contributed by atoms with Gasteiger partial charge in [-0.1, -0.05) is 12.1 Å². The number of carbonyl (C=O) groups excluding carboxylic acids is 1. The molecule has 0 unspecified atom stereocenters. The molecule has 0 spiro atoms. The zero-order valence-corrected chi connectivity index (χ0v) is 16.1. The molecule has 6 nitrogen and oxygen atoms in total. The van der Waals surface area contributed by atoms with Crippen LogP contribution >= 0.6 is 11.3 Å². The van der Waals surface area contributed by atoms with Crippen molar-refractivity contribution in [2.75, 3.05) is 26.3 Å². The van der Waals surface area contributed by atoms with Crippen LogP contribution in [-0.4, -0.2) is 45.0 Å². The summed E-state index contributed by atoms with van der Waals surface area (Å²) in [5.41, 5.74) is 1.08. The number of nitrogens with zero attached hydrogens (tertiary/aromatic N) is 1. The van der Waals surface area contributed by atoms with Crippen molar-refractivity contribution in [1.82, 2.24) is 4.31 Å². The van der Waals surface area contributed by atoms with Crippen molar-refractivity contribution >= 4 is 27.3 Å². The summed E-state index contributed by atoms with van der Waals surface area (Å²) in [6, 6.07) is 9.04. The molecule has 1 fully saturated rings. The summed E-state index contributed by atoms with van der Waals surface area (Å²) >= 11 is 1.08. The molecular weight excluding hydrogens is 374 g/mol. The third-order valence-electron chi connectivity index (χ3n) is 4.07. The lowest BCUT2D eigenvalue weighted by Gasteiger charge is -2.15. The predicted molar refractivity (Wildman–Crippen MR) is 99.3 cm³/mol. The number of ether oxygens (including phenoxy) is 2. The Hall–Kier alpha value is -1.90. The van der Waals surface area contributed by atoms with Crippen LogP contribution in [0.4, 0.5) is 0 Å². The van der Waals surface area contributed by atoms with Crippen molar-refractivity contribution in [3.05, 3.63) is 46.2 Å². The van der Waals surface area contributed by atoms with E-state index in [9.17, 15) is 13.2 Å². The monoisotopic (exact) mass is 395 g/mol. The third kappa shape index (κ3) is 4.25. The van der Waals surface area contributed by atoms with Crippen LogP contribution in [0.5, 0.6) is 5.75 Å². The molecule has 1 aliphatic heterocycles. The smallest absolute Gasteiger partial charge is 0.349 e. The minimum atomic E-state index is -3.64. The van der Waals surface area contributed by atoms with Crippen LogP contribution in [0.2, 0.25) is 0 Å². The number of hydrogen-bond acceptors (Lipinski definition) is 6. The summed E-state index contributed by atoms with van der Waals surface area (Å²) < 4.78 is 37.5. The number of benzene rings is 1. The summed E-state index contributed by atoms with van der Waals surface area (Å²) in [7, 11) is -3.64. The van der Waals surface area contributed by atoms with Crippen LogP contribution in [0, 0.1) is 6.92 Å². The van der Waals surface area contributed by atoms with E-state index in [2.05, 4.69) is 0 Å². The average molecular weight is 396 g/mol. The molecular formula is C18H21NO5S2. The number of sulfonamides is 1. The van der Waals surface area contributed by atoms with Gasteiger partial charge in [0, 0.05) is 13.1 Å². The Bertz CT molecular complexity index is 869. The van der Waals surface area contributed by atoms with Crippen LogP contribution in [0.15, 0.2) is 40.6 Å². The summed E-state index contributed by atoms with van der Waals surface area (Å²) in [6.45, 7) is 3.21. The first-order chi connectivity index (χ1) is 12.5. The Morgan fingerprint density at radius 1 is 1.19 bits per heavy atom. The molecule has 0 N–H and O–H groups in total. The molecule has 8 heteroatoms. The van der Waals surface area contributed by atoms with Gasteiger partial charge in [-0.15, -0.1) is 11.3 Å². The number of thiophene rings is 1. The van der Waals surface area contributed by atoms with Gasteiger partial charge in [-0.25, -0.2) is 13.2 Å². The van der Waals surface area contributed by atoms with E-state index >= 15 is 0 Å². The first kappa shape index (κ1) is 18.9. The van der Waals surface area contributed by atoms with Gasteiger partial charge in [-0.2, -0.15) is 4.31 Å². The van der Waals surface area contributed by atoms with Crippen molar-refractivity contribution < 1.29 is 22.7 Å². The van der Waals surface area contributed by atoms with Gasteiger partial charge in [-0.3, -0.25) is 0 Å². The molecule has 0 bridgehead atoms. The maximum Gasteiger partial charge on any atom is 0.349 e. The highest BCUT2D eigenvalue weighted by Gasteiger charge is 2.32. The van der Waals surface area contributed by atoms with Gasteiger partial charge < -0.3 is 9.47 Å². The van der Waals surface area contributed by atoms with Gasteiger partial charge in [0.15, 0.2) is 0 Å². The van der Waals surface area contributed by atoms with Crippen molar-refractivity contribution in [2.24, 2.45) is 0 Å². The largest absolute Gasteiger partial charge is 0.490 e. The van der Waals surface area contributed by atoms with E-state index in [1.54, 1.807) is 5.38 Å². The van der Waals surface area contributed by atoms with E-state index in [1.807, 2.05) is 31.2 Å². The lowest BCUT2D eigenvalue weighted by Crippen LogP contribution is -2.28. The number of esters is 1. The Kier molecular flexibility index (Phi) is 5.95. The number of hydrogen-bond donors (Lipinski definition) is 0. The Morgan fingerprint density at radius 3 is 2.69 bits per heavy atom. The van der Waals surface area contributed by atoms with Gasteiger partial charge in [0.05, 0.1) is 0 Å². The topological polar surface area (TPSA) is 72.9 Å². The van der Waals surface area contributed by atoms with Crippen molar-refractivity contribution in [3.63, 3.8) is 0 Å². The minimum absolute atomic E-state index is 0.0361. The standard InChI is InChI=1S/C18H21NO5S2/c1-14-5-4-6-15(13-14)23-10-11-24-18(20)17-16(7-12-25-17)26(21,22)19-8-2-3-9-19/h4-7,12-13H,2-3,8-11H2,1H3. The van der Waals surface area contributed by atoms with Crippen molar-refractivity contribution in [1.29, 1.82) is 0 Å². The summed E-state index contributed by atoms with van der Waals surface area (Å²) in [6.07, 6.45) is 1.69. The van der Waals surface area contributed by atoms with Gasteiger partial charge >= 0.3 is 5.97 Å². The number of aryl methyl sites for hydroxylation is 1. The van der Waals surface area contributed by atoms with Gasteiger partial charge in [0.1, 0.15) is 28.7 Å². The van der Waals surface area contributed by atoms with Crippen molar-refractivity contribution in [3.8, 4) is 5.75 Å². The molecule has 0 aliphatic carbocycles. The first-order valence-electron chi connectivity index (χ1n) is 8.43. The zero-order chi connectivity index (χ0) is 18.6. The molecule has 0 radical (unpaired) electrons. The van der Waals surface area contributed by atoms with Gasteiger partial charge in [-0.05, 0) is 48.9 Å². The molecule has 0 amide bonds. The van der Waals surface area contributed by atoms with E-state index < -0.39 is 16.0 Å². The highest BCUT2D eigenvalue weighted by Crippen LogP contribution is 2.28. The van der Waals surface area contributed by atoms with Gasteiger partial charge in [0.25, 0.3) is 0 Å². The van der Waals surface area contributed by atoms with E-state index in [0.29, 0.717) is 18.8 Å². The molecule has 1 saturated heterocycles. The summed E-state index contributed by atoms with van der Waals surface area (Å²) in [4.78, 5) is 12.5. The maximum atomic E-state index is 12.7. The molecule has 140 valence electrons. The molecule has 3 rings (SSSR count). The van der Waals surface area contributed by atoms with Crippen LogP contribution in [0.25, 0.3) is 0 Å². The zero-order valence-electron chi connectivity index (χ0n) is 14.5. The molecule has 1 aliphatic rings. The second-order valence-electron chi connectivity index (χ2n) is 6.03. The fraction of sp³-hybridized carbons (Fsp3) is 0.389.